The van der Waals surface area contributed by atoms with Gasteiger partial charge in [-0.2, -0.15) is 0 Å². The van der Waals surface area contributed by atoms with E-state index in [4.69, 9.17) is 0 Å². The van der Waals surface area contributed by atoms with E-state index in [1.807, 2.05) is 32.9 Å². The van der Waals surface area contributed by atoms with Crippen molar-refractivity contribution in [2.75, 3.05) is 0 Å². The van der Waals surface area contributed by atoms with E-state index >= 15 is 0 Å². The molecule has 0 unspecified atom stereocenters. The van der Waals surface area contributed by atoms with Crippen molar-refractivity contribution in [1.29, 1.82) is 0 Å². The molecular weight excluding hydrogens is 548 g/mol. The number of carbonyl (C=O) groups excluding carboxylic acids is 2. The minimum Gasteiger partial charge on any atom is -0.481 e. The predicted molar refractivity (Wildman–Crippen MR) is 165 cm³/mol. The van der Waals surface area contributed by atoms with Crippen molar-refractivity contribution in [2.24, 2.45) is 4.99 Å². The van der Waals surface area contributed by atoms with Crippen molar-refractivity contribution in [3.8, 4) is 0 Å². The number of aliphatic carboxylic acids is 2. The van der Waals surface area contributed by atoms with Gasteiger partial charge in [0.15, 0.2) is 0 Å². The van der Waals surface area contributed by atoms with Crippen LogP contribution in [0.4, 0.5) is 0 Å². The first-order valence-corrected chi connectivity index (χ1v) is 13.8. The Bertz CT molecular complexity index is 1860. The first-order valence-electron chi connectivity index (χ1n) is 13.8. The summed E-state index contributed by atoms with van der Waals surface area (Å²) in [5.41, 5.74) is 8.03. The lowest BCUT2D eigenvalue weighted by molar-refractivity contribution is -0.138. The van der Waals surface area contributed by atoms with Crippen LogP contribution < -0.4 is 16.0 Å². The Hall–Kier alpha value is -5.25. The monoisotopic (exact) mass is 582 g/mol. The highest BCUT2D eigenvalue weighted by Gasteiger charge is 2.23. The highest BCUT2D eigenvalue weighted by atomic mass is 16.4. The average Bonchev–Trinajstić information content (AvgIpc) is 3.58. The van der Waals surface area contributed by atoms with Crippen molar-refractivity contribution in [3.63, 3.8) is 0 Å². The molecule has 0 aliphatic carbocycles. The summed E-state index contributed by atoms with van der Waals surface area (Å²) in [5.74, 6) is -2.48. The van der Waals surface area contributed by atoms with Gasteiger partial charge in [0.2, 0.25) is 0 Å². The number of H-pyrrole nitrogens is 2. The molecule has 0 saturated carbocycles. The third-order valence-corrected chi connectivity index (χ3v) is 7.89. The Morgan fingerprint density at radius 2 is 1.40 bits per heavy atom. The molecule has 10 heteroatoms. The van der Waals surface area contributed by atoms with E-state index in [0.29, 0.717) is 50.2 Å². The standard InChI is InChI=1S/C33H34N4O6/c1-7-20-16(3)26(36-32(20)42)13-24-18(5)22(9-11-30(38)39)28(34-24)15-29-23(10-12-31(40)41)19(6)25(35-29)14-27-17(4)21(8-2)33(43)37-27/h7-8,13-15,34-35H,1-2,9-12H2,3-6H3,(H,36,42)(H,38,39)(H,40,41)/b25-14?,26-13-,29-15+. The second-order valence-corrected chi connectivity index (χ2v) is 10.5. The summed E-state index contributed by atoms with van der Waals surface area (Å²) in [6.07, 6.45) is 8.72. The molecule has 10 nitrogen and oxygen atoms in total. The number of aromatic nitrogens is 2. The van der Waals surface area contributed by atoms with Gasteiger partial charge < -0.3 is 25.5 Å². The Kier molecular flexibility index (Phi) is 8.80. The smallest absolute Gasteiger partial charge is 0.303 e. The van der Waals surface area contributed by atoms with Crippen LogP contribution in [0.5, 0.6) is 0 Å². The number of nitrogens with zero attached hydrogens (tertiary/aromatic N) is 1. The Labute approximate surface area is 248 Å². The lowest BCUT2D eigenvalue weighted by atomic mass is 10.0. The molecule has 0 spiro atoms. The fourth-order valence-corrected chi connectivity index (χ4v) is 5.35. The van der Waals surface area contributed by atoms with Crippen LogP contribution in [0.15, 0.2) is 58.3 Å². The number of amides is 2. The van der Waals surface area contributed by atoms with Crippen molar-refractivity contribution in [1.82, 2.24) is 15.3 Å². The molecule has 222 valence electrons. The summed E-state index contributed by atoms with van der Waals surface area (Å²) >= 11 is 0. The molecule has 0 bridgehead atoms. The number of rotatable bonds is 11. The summed E-state index contributed by atoms with van der Waals surface area (Å²) < 4.78 is 0. The molecule has 4 heterocycles. The molecular formula is C33H34N4O6. The van der Waals surface area contributed by atoms with E-state index in [1.54, 1.807) is 13.0 Å². The molecule has 2 aliphatic heterocycles. The highest BCUT2D eigenvalue weighted by Crippen LogP contribution is 2.27. The zero-order valence-electron chi connectivity index (χ0n) is 24.6. The van der Waals surface area contributed by atoms with Crippen LogP contribution in [0.3, 0.4) is 0 Å². The zero-order chi connectivity index (χ0) is 31.6. The van der Waals surface area contributed by atoms with Gasteiger partial charge in [0.1, 0.15) is 0 Å². The van der Waals surface area contributed by atoms with Gasteiger partial charge in [-0.15, -0.1) is 0 Å². The summed E-state index contributed by atoms with van der Waals surface area (Å²) in [5, 5.41) is 23.0. The molecule has 43 heavy (non-hydrogen) atoms. The number of hydrogen-bond acceptors (Lipinski definition) is 4. The predicted octanol–water partition coefficient (Wildman–Crippen LogP) is 3.06. The maximum atomic E-state index is 12.3. The first-order chi connectivity index (χ1) is 20.4. The van der Waals surface area contributed by atoms with Crippen LogP contribution in [0.2, 0.25) is 0 Å². The molecule has 0 saturated heterocycles. The summed E-state index contributed by atoms with van der Waals surface area (Å²) in [6.45, 7) is 14.8. The number of carbonyl (C=O) groups is 4. The third kappa shape index (κ3) is 6.18. The van der Waals surface area contributed by atoms with E-state index in [-0.39, 0.29) is 37.5 Å². The van der Waals surface area contributed by atoms with Gasteiger partial charge >= 0.3 is 11.9 Å². The second kappa shape index (κ2) is 12.3. The van der Waals surface area contributed by atoms with Crippen LogP contribution >= 0.6 is 0 Å². The van der Waals surface area contributed by atoms with E-state index in [1.165, 1.54) is 12.2 Å². The maximum absolute atomic E-state index is 12.3. The van der Waals surface area contributed by atoms with Gasteiger partial charge in [0.25, 0.3) is 11.8 Å². The largest absolute Gasteiger partial charge is 0.481 e. The first kappa shape index (κ1) is 30.7. The summed E-state index contributed by atoms with van der Waals surface area (Å²) in [6, 6.07) is 0. The lowest BCUT2D eigenvalue weighted by Crippen LogP contribution is -2.15. The molecule has 0 aromatic carbocycles. The van der Waals surface area contributed by atoms with Gasteiger partial charge in [-0.1, -0.05) is 25.3 Å². The van der Waals surface area contributed by atoms with Crippen molar-refractivity contribution < 1.29 is 29.4 Å². The van der Waals surface area contributed by atoms with E-state index < -0.39 is 11.9 Å². The summed E-state index contributed by atoms with van der Waals surface area (Å²) in [7, 11) is 0. The third-order valence-electron chi connectivity index (χ3n) is 7.89. The second-order valence-electron chi connectivity index (χ2n) is 10.5. The quantitative estimate of drug-likeness (QED) is 0.273. The number of hydrogen-bond donors (Lipinski definition) is 5. The SMILES string of the molecule is C=CC1=C(C)C(C=c2[nH]/c(=C/c3[nH]c(/C=C4\NC(=O)C(C=C)=C4C)c(C)c3CCC(=O)O)c(CCC(=O)O)c2C)=NC1=O. The molecule has 2 amide bonds. The minimum atomic E-state index is -0.940. The maximum Gasteiger partial charge on any atom is 0.303 e. The van der Waals surface area contributed by atoms with Gasteiger partial charge in [0, 0.05) is 51.8 Å². The number of aliphatic imine (C=N–C) groups is 1. The molecule has 2 aromatic rings. The molecule has 0 fully saturated rings. The van der Waals surface area contributed by atoms with E-state index in [2.05, 4.69) is 33.4 Å². The topological polar surface area (TPSA) is 165 Å². The molecule has 4 rings (SSSR count). The Morgan fingerprint density at radius 3 is 1.95 bits per heavy atom. The normalized spacial score (nSPS) is 16.9. The Balaban J connectivity index is 1.91. The minimum absolute atomic E-state index is 0.0917. The number of carboxylic acid groups (broad SMARTS) is 2. The van der Waals surface area contributed by atoms with Crippen molar-refractivity contribution in [2.45, 2.75) is 53.4 Å². The van der Waals surface area contributed by atoms with E-state index in [0.717, 1.165) is 27.8 Å². The zero-order valence-corrected chi connectivity index (χ0v) is 24.6. The number of carboxylic acids is 2. The fourth-order valence-electron chi connectivity index (χ4n) is 5.35. The Morgan fingerprint density at radius 1 is 0.767 bits per heavy atom. The molecule has 0 atom stereocenters. The van der Waals surface area contributed by atoms with Crippen molar-refractivity contribution >= 4 is 47.7 Å². The van der Waals surface area contributed by atoms with Crippen LogP contribution in [0, 0.1) is 13.8 Å². The lowest BCUT2D eigenvalue weighted by Gasteiger charge is -2.02. The van der Waals surface area contributed by atoms with Crippen LogP contribution in [0.25, 0.3) is 18.2 Å². The summed E-state index contributed by atoms with van der Waals surface area (Å²) in [4.78, 5) is 58.5. The number of nitrogens with one attached hydrogen (secondary N) is 3. The van der Waals surface area contributed by atoms with Gasteiger partial charge in [-0.3, -0.25) is 19.2 Å². The average molecular weight is 583 g/mol. The molecule has 5 N–H and O–H groups in total. The van der Waals surface area contributed by atoms with Crippen LogP contribution in [-0.4, -0.2) is 49.6 Å². The number of allylic oxidation sites excluding steroid dienone is 2. The van der Waals surface area contributed by atoms with Crippen molar-refractivity contribution in [3.05, 3.63) is 97.6 Å². The highest BCUT2D eigenvalue weighted by molar-refractivity contribution is 6.31. The molecule has 2 aliphatic rings. The molecule has 2 aromatic heterocycles. The van der Waals surface area contributed by atoms with Gasteiger partial charge in [-0.05, 0) is 92.2 Å². The number of aromatic amines is 2. The van der Waals surface area contributed by atoms with Crippen LogP contribution in [-0.2, 0) is 32.0 Å². The molecule has 0 radical (unpaired) electrons. The fraction of sp³-hybridized carbons (Fsp3) is 0.242. The van der Waals surface area contributed by atoms with E-state index in [9.17, 15) is 29.4 Å². The van der Waals surface area contributed by atoms with Crippen LogP contribution in [0.1, 0.15) is 60.3 Å². The van der Waals surface area contributed by atoms with Gasteiger partial charge in [0.05, 0.1) is 5.71 Å². The van der Waals surface area contributed by atoms with Gasteiger partial charge in [-0.25, -0.2) is 4.99 Å².